The fourth-order valence-corrected chi connectivity index (χ4v) is 2.51. The number of amides is 1. The number of aliphatic carboxylic acids is 1. The molecular formula is C16H22N2O3. The van der Waals surface area contributed by atoms with E-state index in [1.165, 1.54) is 11.1 Å². The van der Waals surface area contributed by atoms with Gasteiger partial charge < -0.3 is 15.7 Å². The molecule has 0 saturated carbocycles. The highest BCUT2D eigenvalue weighted by molar-refractivity contribution is 5.82. The first-order valence-electron chi connectivity index (χ1n) is 7.36. The topological polar surface area (TPSA) is 78.4 Å². The van der Waals surface area contributed by atoms with Crippen LogP contribution in [-0.2, 0) is 22.6 Å². The summed E-state index contributed by atoms with van der Waals surface area (Å²) in [5, 5.41) is 14.8. The minimum absolute atomic E-state index is 0.00771. The van der Waals surface area contributed by atoms with Crippen molar-refractivity contribution in [3.8, 4) is 0 Å². The molecular weight excluding hydrogens is 268 g/mol. The van der Waals surface area contributed by atoms with Gasteiger partial charge in [-0.2, -0.15) is 0 Å². The molecule has 0 bridgehead atoms. The molecule has 1 amide bonds. The van der Waals surface area contributed by atoms with E-state index in [9.17, 15) is 9.59 Å². The molecule has 0 aliphatic carbocycles. The fourth-order valence-electron chi connectivity index (χ4n) is 2.51. The van der Waals surface area contributed by atoms with Crippen LogP contribution in [-0.4, -0.2) is 29.6 Å². The second-order valence-corrected chi connectivity index (χ2v) is 5.69. The third-order valence-electron chi connectivity index (χ3n) is 3.87. The SMILES string of the molecule is CC(CCC(=O)O)CNC(=O)[C@H]1Cc2ccccc2CN1. The number of rotatable bonds is 6. The van der Waals surface area contributed by atoms with Crippen LogP contribution in [0.15, 0.2) is 24.3 Å². The van der Waals surface area contributed by atoms with Crippen LogP contribution in [0.25, 0.3) is 0 Å². The van der Waals surface area contributed by atoms with Gasteiger partial charge in [0.1, 0.15) is 0 Å². The number of hydrogen-bond acceptors (Lipinski definition) is 3. The molecule has 1 aliphatic rings. The van der Waals surface area contributed by atoms with Gasteiger partial charge in [0.15, 0.2) is 0 Å². The zero-order valence-corrected chi connectivity index (χ0v) is 12.3. The molecule has 2 atom stereocenters. The van der Waals surface area contributed by atoms with Crippen LogP contribution in [0.4, 0.5) is 0 Å². The van der Waals surface area contributed by atoms with Gasteiger partial charge in [0.05, 0.1) is 6.04 Å². The average molecular weight is 290 g/mol. The van der Waals surface area contributed by atoms with E-state index in [1.54, 1.807) is 0 Å². The summed E-state index contributed by atoms with van der Waals surface area (Å²) < 4.78 is 0. The Morgan fingerprint density at radius 1 is 1.38 bits per heavy atom. The van der Waals surface area contributed by atoms with Crippen LogP contribution in [0.3, 0.4) is 0 Å². The van der Waals surface area contributed by atoms with Gasteiger partial charge in [-0.3, -0.25) is 9.59 Å². The van der Waals surface area contributed by atoms with E-state index in [0.29, 0.717) is 25.9 Å². The summed E-state index contributed by atoms with van der Waals surface area (Å²) in [4.78, 5) is 22.7. The molecule has 1 unspecified atom stereocenters. The third-order valence-corrected chi connectivity index (χ3v) is 3.87. The molecule has 0 saturated heterocycles. The van der Waals surface area contributed by atoms with Crippen molar-refractivity contribution in [3.05, 3.63) is 35.4 Å². The smallest absolute Gasteiger partial charge is 0.303 e. The summed E-state index contributed by atoms with van der Waals surface area (Å²) in [6.45, 7) is 3.18. The van der Waals surface area contributed by atoms with E-state index in [1.807, 2.05) is 19.1 Å². The van der Waals surface area contributed by atoms with Crippen molar-refractivity contribution in [2.45, 2.75) is 38.8 Å². The number of carboxylic acids is 1. The van der Waals surface area contributed by atoms with E-state index in [-0.39, 0.29) is 24.3 Å². The molecule has 3 N–H and O–H groups in total. The van der Waals surface area contributed by atoms with Gasteiger partial charge in [0.25, 0.3) is 0 Å². The van der Waals surface area contributed by atoms with E-state index >= 15 is 0 Å². The maximum absolute atomic E-state index is 12.2. The van der Waals surface area contributed by atoms with Crippen LogP contribution in [0.5, 0.6) is 0 Å². The maximum atomic E-state index is 12.2. The number of carbonyl (C=O) groups excluding carboxylic acids is 1. The number of carboxylic acid groups (broad SMARTS) is 1. The Morgan fingerprint density at radius 3 is 2.81 bits per heavy atom. The Balaban J connectivity index is 1.78. The van der Waals surface area contributed by atoms with Crippen LogP contribution in [0.1, 0.15) is 30.9 Å². The number of hydrogen-bond donors (Lipinski definition) is 3. The molecule has 1 heterocycles. The summed E-state index contributed by atoms with van der Waals surface area (Å²) >= 11 is 0. The molecule has 1 aromatic rings. The Bertz CT molecular complexity index is 516. The normalized spacial score (nSPS) is 18.6. The van der Waals surface area contributed by atoms with Crippen LogP contribution in [0, 0.1) is 5.92 Å². The quantitative estimate of drug-likeness (QED) is 0.738. The Hall–Kier alpha value is -1.88. The lowest BCUT2D eigenvalue weighted by atomic mass is 9.95. The lowest BCUT2D eigenvalue weighted by Crippen LogP contribution is -2.48. The summed E-state index contributed by atoms with van der Waals surface area (Å²) in [5.41, 5.74) is 2.46. The molecule has 0 fully saturated rings. The van der Waals surface area contributed by atoms with Crippen molar-refractivity contribution in [1.82, 2.24) is 10.6 Å². The van der Waals surface area contributed by atoms with Crippen LogP contribution in [0.2, 0.25) is 0 Å². The van der Waals surface area contributed by atoms with Gasteiger partial charge in [0.2, 0.25) is 5.91 Å². The van der Waals surface area contributed by atoms with E-state index in [0.717, 1.165) is 0 Å². The maximum Gasteiger partial charge on any atom is 0.303 e. The predicted octanol–water partition coefficient (Wildman–Crippen LogP) is 1.32. The summed E-state index contributed by atoms with van der Waals surface area (Å²) in [5.74, 6) is -0.633. The van der Waals surface area contributed by atoms with Gasteiger partial charge in [0, 0.05) is 19.5 Å². The lowest BCUT2D eigenvalue weighted by Gasteiger charge is -2.25. The standard InChI is InChI=1S/C16H22N2O3/c1-11(6-7-15(19)20)9-18-16(21)14-8-12-4-2-3-5-13(12)10-17-14/h2-5,11,14,17H,6-10H2,1H3,(H,18,21)(H,19,20)/t11?,14-/m1/s1. The second-order valence-electron chi connectivity index (χ2n) is 5.69. The first-order chi connectivity index (χ1) is 10.1. The number of carbonyl (C=O) groups is 2. The Labute approximate surface area is 124 Å². The first-order valence-corrected chi connectivity index (χ1v) is 7.36. The Kier molecular flexibility index (Phi) is 5.33. The number of fused-ring (bicyclic) bond motifs is 1. The largest absolute Gasteiger partial charge is 0.481 e. The lowest BCUT2D eigenvalue weighted by molar-refractivity contribution is -0.137. The first kappa shape index (κ1) is 15.5. The van der Waals surface area contributed by atoms with Gasteiger partial charge in [-0.05, 0) is 29.9 Å². The van der Waals surface area contributed by atoms with Crippen LogP contribution >= 0.6 is 0 Å². The fraction of sp³-hybridized carbons (Fsp3) is 0.500. The van der Waals surface area contributed by atoms with Crippen molar-refractivity contribution < 1.29 is 14.7 Å². The number of benzene rings is 1. The highest BCUT2D eigenvalue weighted by atomic mass is 16.4. The average Bonchev–Trinajstić information content (AvgIpc) is 2.50. The van der Waals surface area contributed by atoms with Gasteiger partial charge >= 0.3 is 5.97 Å². The summed E-state index contributed by atoms with van der Waals surface area (Å²) in [6.07, 6.45) is 1.42. The van der Waals surface area contributed by atoms with Gasteiger partial charge in [-0.15, -0.1) is 0 Å². The Morgan fingerprint density at radius 2 is 2.10 bits per heavy atom. The molecule has 5 nitrogen and oxygen atoms in total. The molecule has 0 aromatic heterocycles. The molecule has 0 spiro atoms. The van der Waals surface area contributed by atoms with Gasteiger partial charge in [-0.25, -0.2) is 0 Å². The van der Waals surface area contributed by atoms with Crippen molar-refractivity contribution in [2.24, 2.45) is 5.92 Å². The summed E-state index contributed by atoms with van der Waals surface area (Å²) in [7, 11) is 0. The molecule has 0 radical (unpaired) electrons. The predicted molar refractivity (Wildman–Crippen MR) is 79.8 cm³/mol. The zero-order chi connectivity index (χ0) is 15.2. The monoisotopic (exact) mass is 290 g/mol. The zero-order valence-electron chi connectivity index (χ0n) is 12.3. The van der Waals surface area contributed by atoms with Crippen molar-refractivity contribution in [3.63, 3.8) is 0 Å². The minimum Gasteiger partial charge on any atom is -0.481 e. The van der Waals surface area contributed by atoms with Gasteiger partial charge in [-0.1, -0.05) is 31.2 Å². The van der Waals surface area contributed by atoms with Crippen molar-refractivity contribution in [2.75, 3.05) is 6.54 Å². The molecule has 1 aromatic carbocycles. The van der Waals surface area contributed by atoms with E-state index < -0.39 is 5.97 Å². The second kappa shape index (κ2) is 7.22. The molecule has 5 heteroatoms. The van der Waals surface area contributed by atoms with Crippen molar-refractivity contribution >= 4 is 11.9 Å². The van der Waals surface area contributed by atoms with Crippen molar-refractivity contribution in [1.29, 1.82) is 0 Å². The third kappa shape index (κ3) is 4.56. The highest BCUT2D eigenvalue weighted by Gasteiger charge is 2.23. The molecule has 114 valence electrons. The van der Waals surface area contributed by atoms with E-state index in [2.05, 4.69) is 22.8 Å². The summed E-state index contributed by atoms with van der Waals surface area (Å²) in [6, 6.07) is 7.93. The minimum atomic E-state index is -0.793. The number of nitrogens with one attached hydrogen (secondary N) is 2. The highest BCUT2D eigenvalue weighted by Crippen LogP contribution is 2.16. The molecule has 21 heavy (non-hydrogen) atoms. The molecule has 2 rings (SSSR count). The van der Waals surface area contributed by atoms with Crippen LogP contribution < -0.4 is 10.6 Å². The van der Waals surface area contributed by atoms with E-state index in [4.69, 9.17) is 5.11 Å². The molecule has 1 aliphatic heterocycles.